The Kier molecular flexibility index (Phi) is 6.59. The summed E-state index contributed by atoms with van der Waals surface area (Å²) in [6.45, 7) is 7.11. The Morgan fingerprint density at radius 1 is 0.970 bits per heavy atom. The van der Waals surface area contributed by atoms with Crippen molar-refractivity contribution < 1.29 is 18.0 Å². The molecule has 2 heterocycles. The van der Waals surface area contributed by atoms with Crippen LogP contribution in [0.5, 0.6) is 0 Å². The molecule has 0 radical (unpaired) electrons. The number of carbonyl (C=O) groups excluding carboxylic acids is 2. The molecule has 7 nitrogen and oxygen atoms in total. The molecule has 4 rings (SSSR count). The Morgan fingerprint density at radius 2 is 1.67 bits per heavy atom. The number of piperazine rings is 1. The third-order valence-corrected chi connectivity index (χ3v) is 8.78. The molecule has 0 aromatic heterocycles. The molecule has 0 bridgehead atoms. The van der Waals surface area contributed by atoms with Crippen molar-refractivity contribution in [2.24, 2.45) is 0 Å². The number of amides is 2. The quantitative estimate of drug-likeness (QED) is 0.690. The van der Waals surface area contributed by atoms with Gasteiger partial charge in [0.25, 0.3) is 0 Å². The van der Waals surface area contributed by atoms with Crippen LogP contribution in [0, 0.1) is 13.8 Å². The second-order valence-electron chi connectivity index (χ2n) is 8.93. The van der Waals surface area contributed by atoms with E-state index in [4.69, 9.17) is 0 Å². The normalized spacial score (nSPS) is 19.3. The van der Waals surface area contributed by atoms with Crippen LogP contribution in [-0.4, -0.2) is 67.1 Å². The maximum atomic E-state index is 13.2. The van der Waals surface area contributed by atoms with Crippen LogP contribution in [0.1, 0.15) is 41.6 Å². The summed E-state index contributed by atoms with van der Waals surface area (Å²) in [6.07, 6.45) is 0.996. The van der Waals surface area contributed by atoms with Gasteiger partial charge in [0.1, 0.15) is 0 Å². The number of nitrogens with zero attached hydrogens (tertiary/aromatic N) is 3. The van der Waals surface area contributed by atoms with Gasteiger partial charge in [-0.25, -0.2) is 8.42 Å². The summed E-state index contributed by atoms with van der Waals surface area (Å²) in [5, 5.41) is 0. The van der Waals surface area contributed by atoms with E-state index in [1.807, 2.05) is 44.2 Å². The van der Waals surface area contributed by atoms with E-state index in [1.165, 1.54) is 9.87 Å². The molecule has 1 atom stereocenters. The summed E-state index contributed by atoms with van der Waals surface area (Å²) in [6, 6.07) is 13.0. The summed E-state index contributed by atoms with van der Waals surface area (Å²) >= 11 is 0. The van der Waals surface area contributed by atoms with E-state index < -0.39 is 10.0 Å². The highest BCUT2D eigenvalue weighted by Crippen LogP contribution is 2.33. The van der Waals surface area contributed by atoms with E-state index in [0.29, 0.717) is 24.5 Å². The minimum Gasteiger partial charge on any atom is -0.340 e. The van der Waals surface area contributed by atoms with E-state index in [1.54, 1.807) is 22.8 Å². The highest BCUT2D eigenvalue weighted by atomic mass is 32.2. The molecule has 0 saturated carbocycles. The molecule has 2 amide bonds. The Balaban J connectivity index is 1.45. The summed E-state index contributed by atoms with van der Waals surface area (Å²) in [7, 11) is -3.60. The Bertz CT molecular complexity index is 1170. The van der Waals surface area contributed by atoms with Crippen LogP contribution in [0.25, 0.3) is 0 Å². The largest absolute Gasteiger partial charge is 0.340 e. The SMILES string of the molecule is CC(=O)N1CCc2ccccc2C1CC(=O)N1CCN(S(=O)(=O)c2ccc(C)cc2C)CC1. The van der Waals surface area contributed by atoms with Gasteiger partial charge in [0.15, 0.2) is 0 Å². The van der Waals surface area contributed by atoms with Crippen LogP contribution < -0.4 is 0 Å². The number of sulfonamides is 1. The third-order valence-electron chi connectivity index (χ3n) is 6.72. The van der Waals surface area contributed by atoms with Crippen molar-refractivity contribution in [2.45, 2.75) is 44.6 Å². The highest BCUT2D eigenvalue weighted by Gasteiger charge is 2.35. The molecule has 0 aliphatic carbocycles. The van der Waals surface area contributed by atoms with Crippen LogP contribution in [0.4, 0.5) is 0 Å². The van der Waals surface area contributed by atoms with Crippen LogP contribution in [-0.2, 0) is 26.0 Å². The molecule has 2 aromatic carbocycles. The van der Waals surface area contributed by atoms with Gasteiger partial charge in [-0.2, -0.15) is 4.31 Å². The molecule has 0 N–H and O–H groups in total. The van der Waals surface area contributed by atoms with Crippen LogP contribution in [0.2, 0.25) is 0 Å². The van der Waals surface area contributed by atoms with Gasteiger partial charge in [-0.3, -0.25) is 9.59 Å². The second kappa shape index (κ2) is 9.27. The molecule has 2 aromatic rings. The highest BCUT2D eigenvalue weighted by molar-refractivity contribution is 7.89. The third kappa shape index (κ3) is 4.68. The van der Waals surface area contributed by atoms with Gasteiger partial charge in [-0.1, -0.05) is 42.0 Å². The Morgan fingerprint density at radius 3 is 2.33 bits per heavy atom. The predicted octanol–water partition coefficient (Wildman–Crippen LogP) is 2.67. The van der Waals surface area contributed by atoms with E-state index >= 15 is 0 Å². The van der Waals surface area contributed by atoms with E-state index in [9.17, 15) is 18.0 Å². The maximum absolute atomic E-state index is 13.2. The number of hydrogen-bond acceptors (Lipinski definition) is 4. The topological polar surface area (TPSA) is 78.0 Å². The molecule has 176 valence electrons. The fraction of sp³-hybridized carbons (Fsp3) is 0.440. The average molecular weight is 470 g/mol. The van der Waals surface area contributed by atoms with Crippen LogP contribution >= 0.6 is 0 Å². The summed E-state index contributed by atoms with van der Waals surface area (Å²) in [5.41, 5.74) is 3.96. The monoisotopic (exact) mass is 469 g/mol. The smallest absolute Gasteiger partial charge is 0.243 e. The van der Waals surface area contributed by atoms with E-state index in [0.717, 1.165) is 23.1 Å². The van der Waals surface area contributed by atoms with Gasteiger partial charge in [-0.05, 0) is 43.0 Å². The summed E-state index contributed by atoms with van der Waals surface area (Å²) in [5.74, 6) is -0.0850. The van der Waals surface area contributed by atoms with Crippen molar-refractivity contribution in [3.63, 3.8) is 0 Å². The lowest BCUT2D eigenvalue weighted by Crippen LogP contribution is -2.51. The van der Waals surface area contributed by atoms with Crippen molar-refractivity contribution in [3.8, 4) is 0 Å². The standard InChI is InChI=1S/C25H31N3O4S/c1-18-8-9-24(19(2)16-18)33(31,32)27-14-12-26(13-15-27)25(30)17-23-22-7-5-4-6-21(22)10-11-28(23)20(3)29/h4-9,16,23H,10-15,17H2,1-3H3. The lowest BCUT2D eigenvalue weighted by Gasteiger charge is -2.39. The van der Waals surface area contributed by atoms with Crippen molar-refractivity contribution in [1.29, 1.82) is 0 Å². The zero-order valence-corrected chi connectivity index (χ0v) is 20.3. The van der Waals surface area contributed by atoms with Crippen LogP contribution in [0.15, 0.2) is 47.4 Å². The number of carbonyl (C=O) groups is 2. The molecule has 33 heavy (non-hydrogen) atoms. The average Bonchev–Trinajstić information content (AvgIpc) is 2.79. The number of hydrogen-bond donors (Lipinski definition) is 0. The number of benzene rings is 2. The Hall–Kier alpha value is -2.71. The minimum atomic E-state index is -3.60. The lowest BCUT2D eigenvalue weighted by molar-refractivity contribution is -0.137. The first-order valence-electron chi connectivity index (χ1n) is 11.4. The van der Waals surface area contributed by atoms with E-state index in [-0.39, 0.29) is 37.4 Å². The van der Waals surface area contributed by atoms with Crippen LogP contribution in [0.3, 0.4) is 0 Å². The summed E-state index contributed by atoms with van der Waals surface area (Å²) in [4.78, 5) is 29.3. The molecule has 1 unspecified atom stereocenters. The molecular formula is C25H31N3O4S. The van der Waals surface area contributed by atoms with Gasteiger partial charge < -0.3 is 9.80 Å². The van der Waals surface area contributed by atoms with Crippen molar-refractivity contribution in [1.82, 2.24) is 14.1 Å². The number of fused-ring (bicyclic) bond motifs is 1. The molecule has 1 fully saturated rings. The first-order valence-corrected chi connectivity index (χ1v) is 12.8. The van der Waals surface area contributed by atoms with Crippen molar-refractivity contribution in [2.75, 3.05) is 32.7 Å². The van der Waals surface area contributed by atoms with Gasteiger partial charge in [0.2, 0.25) is 21.8 Å². The first-order chi connectivity index (χ1) is 15.7. The first kappa shape index (κ1) is 23.4. The summed E-state index contributed by atoms with van der Waals surface area (Å²) < 4.78 is 27.8. The molecule has 2 aliphatic rings. The van der Waals surface area contributed by atoms with Crippen molar-refractivity contribution in [3.05, 3.63) is 64.7 Å². The van der Waals surface area contributed by atoms with Crippen molar-refractivity contribution >= 4 is 21.8 Å². The second-order valence-corrected chi connectivity index (χ2v) is 10.8. The molecular weight excluding hydrogens is 438 g/mol. The van der Waals surface area contributed by atoms with Gasteiger partial charge in [0, 0.05) is 39.6 Å². The Labute approximate surface area is 196 Å². The maximum Gasteiger partial charge on any atom is 0.243 e. The lowest BCUT2D eigenvalue weighted by atomic mass is 9.90. The van der Waals surface area contributed by atoms with Gasteiger partial charge in [0.05, 0.1) is 17.4 Å². The fourth-order valence-corrected chi connectivity index (χ4v) is 6.58. The zero-order valence-electron chi connectivity index (χ0n) is 19.5. The van der Waals surface area contributed by atoms with E-state index in [2.05, 4.69) is 6.07 Å². The minimum absolute atomic E-state index is 0.0355. The fourth-order valence-electron chi connectivity index (χ4n) is 4.95. The number of aryl methyl sites for hydroxylation is 2. The molecule has 0 spiro atoms. The zero-order chi connectivity index (χ0) is 23.8. The molecule has 8 heteroatoms. The molecule has 2 aliphatic heterocycles. The number of rotatable bonds is 4. The predicted molar refractivity (Wildman–Crippen MR) is 126 cm³/mol. The van der Waals surface area contributed by atoms with Gasteiger partial charge >= 0.3 is 0 Å². The molecule has 1 saturated heterocycles. The van der Waals surface area contributed by atoms with Gasteiger partial charge in [-0.15, -0.1) is 0 Å².